The number of nitrogens with one attached hydrogen (secondary N) is 1. The highest BCUT2D eigenvalue weighted by Gasteiger charge is 2.38. The van der Waals surface area contributed by atoms with E-state index in [4.69, 9.17) is 5.11 Å². The van der Waals surface area contributed by atoms with E-state index in [-0.39, 0.29) is 23.4 Å². The van der Waals surface area contributed by atoms with Gasteiger partial charge in [0.05, 0.1) is 16.5 Å². The van der Waals surface area contributed by atoms with Gasteiger partial charge in [-0.1, -0.05) is 42.5 Å². The number of hydrogen-bond acceptors (Lipinski definition) is 6. The van der Waals surface area contributed by atoms with Gasteiger partial charge in [-0.3, -0.25) is 14.2 Å². The summed E-state index contributed by atoms with van der Waals surface area (Å²) < 4.78 is 36.4. The Hall–Kier alpha value is -2.68. The molecular weight excluding hydrogens is 433 g/mol. The van der Waals surface area contributed by atoms with Crippen LogP contribution in [0.2, 0.25) is 0 Å². The van der Waals surface area contributed by atoms with Crippen LogP contribution in [-0.4, -0.2) is 46.5 Å². The van der Waals surface area contributed by atoms with Crippen LogP contribution in [0.25, 0.3) is 0 Å². The van der Waals surface area contributed by atoms with Crippen molar-refractivity contribution in [1.29, 1.82) is 0 Å². The van der Waals surface area contributed by atoms with Gasteiger partial charge in [-0.25, -0.2) is 0 Å². The SMILES string of the molecule is O=C(O)CCC(CP(=O)(O)C(NC1=CC=CCC1=S(=O)=O)c1ccccc1)C(=O)O. The summed E-state index contributed by atoms with van der Waals surface area (Å²) in [4.78, 5) is 33.2. The summed E-state index contributed by atoms with van der Waals surface area (Å²) in [5.41, 5.74) is 0.517. The first-order valence-corrected chi connectivity index (χ1v) is 12.0. The summed E-state index contributed by atoms with van der Waals surface area (Å²) in [6.07, 6.45) is 3.38. The fourth-order valence-electron chi connectivity index (χ4n) is 3.04. The van der Waals surface area contributed by atoms with Crippen LogP contribution in [0.1, 0.15) is 30.6 Å². The van der Waals surface area contributed by atoms with Crippen LogP contribution >= 0.6 is 7.37 Å². The number of allylic oxidation sites excluding steroid dienone is 4. The summed E-state index contributed by atoms with van der Waals surface area (Å²) in [5.74, 6) is -5.20. The molecule has 1 aliphatic carbocycles. The lowest BCUT2D eigenvalue weighted by atomic mass is 10.1. The Morgan fingerprint density at radius 1 is 1.17 bits per heavy atom. The first-order chi connectivity index (χ1) is 14.1. The van der Waals surface area contributed by atoms with Crippen molar-refractivity contribution in [3.8, 4) is 0 Å². The average molecular weight is 455 g/mol. The second-order valence-corrected chi connectivity index (χ2v) is 10.1. The van der Waals surface area contributed by atoms with Gasteiger partial charge in [0.25, 0.3) is 0 Å². The minimum atomic E-state index is -4.28. The summed E-state index contributed by atoms with van der Waals surface area (Å²) in [6, 6.07) is 8.10. The monoisotopic (exact) mass is 455 g/mol. The second kappa shape index (κ2) is 10.4. The van der Waals surface area contributed by atoms with Crippen LogP contribution in [0.3, 0.4) is 0 Å². The van der Waals surface area contributed by atoms with Crippen LogP contribution < -0.4 is 5.32 Å². The van der Waals surface area contributed by atoms with E-state index in [0.717, 1.165) is 0 Å². The second-order valence-electron chi connectivity index (χ2n) is 6.73. The molecule has 1 aromatic carbocycles. The van der Waals surface area contributed by atoms with Crippen LogP contribution in [0.4, 0.5) is 0 Å². The number of rotatable bonds is 10. The summed E-state index contributed by atoms with van der Waals surface area (Å²) >= 11 is 0. The van der Waals surface area contributed by atoms with Crippen molar-refractivity contribution in [1.82, 2.24) is 5.32 Å². The molecule has 0 heterocycles. The maximum atomic E-state index is 13.3. The topological polar surface area (TPSA) is 158 Å². The molecule has 0 aliphatic heterocycles. The minimum absolute atomic E-state index is 0.0130. The summed E-state index contributed by atoms with van der Waals surface area (Å²) in [7, 11) is -6.84. The molecule has 11 heteroatoms. The van der Waals surface area contributed by atoms with Gasteiger partial charge in [0.2, 0.25) is 17.7 Å². The van der Waals surface area contributed by atoms with E-state index in [1.54, 1.807) is 42.5 Å². The molecule has 0 bridgehead atoms. The molecule has 0 aromatic heterocycles. The van der Waals surface area contributed by atoms with E-state index in [1.807, 2.05) is 0 Å². The van der Waals surface area contributed by atoms with Gasteiger partial charge < -0.3 is 20.4 Å². The zero-order valence-electron chi connectivity index (χ0n) is 15.8. The van der Waals surface area contributed by atoms with Gasteiger partial charge in [-0.15, -0.1) is 0 Å². The third kappa shape index (κ3) is 6.41. The normalized spacial score (nSPS) is 17.4. The van der Waals surface area contributed by atoms with Crippen molar-refractivity contribution < 1.29 is 37.7 Å². The molecule has 4 N–H and O–H groups in total. The van der Waals surface area contributed by atoms with Gasteiger partial charge in [-0.2, -0.15) is 8.42 Å². The third-order valence-corrected chi connectivity index (χ3v) is 7.54. The predicted molar refractivity (Wildman–Crippen MR) is 111 cm³/mol. The fraction of sp³-hybridized carbons (Fsp3) is 0.316. The lowest BCUT2D eigenvalue weighted by Crippen LogP contribution is -2.29. The molecule has 0 amide bonds. The van der Waals surface area contributed by atoms with Crippen molar-refractivity contribution in [3.05, 3.63) is 59.8 Å². The van der Waals surface area contributed by atoms with Crippen LogP contribution in [0.5, 0.6) is 0 Å². The van der Waals surface area contributed by atoms with Gasteiger partial charge in [0, 0.05) is 19.0 Å². The molecule has 1 aliphatic rings. The molecule has 0 saturated carbocycles. The highest BCUT2D eigenvalue weighted by atomic mass is 32.2. The standard InChI is InChI=1S/C19H22NO8PS/c21-17(22)11-10-14(19(23)24)12-29(25,26)18(13-6-2-1-3-7-13)20-15-8-4-5-9-16(15)30(27)28/h1-8,14,18,20H,9-12H2,(H,21,22)(H,23,24)(H,25,26). The Morgan fingerprint density at radius 2 is 1.83 bits per heavy atom. The first-order valence-electron chi connectivity index (χ1n) is 9.01. The van der Waals surface area contributed by atoms with Crippen LogP contribution in [-0.2, 0) is 24.4 Å². The first kappa shape index (κ1) is 23.6. The summed E-state index contributed by atoms with van der Waals surface area (Å²) in [6.45, 7) is 0. The lowest BCUT2D eigenvalue weighted by Gasteiger charge is -2.29. The molecule has 9 nitrogen and oxygen atoms in total. The molecule has 0 saturated heterocycles. The fourth-order valence-corrected chi connectivity index (χ4v) is 5.74. The van der Waals surface area contributed by atoms with Gasteiger partial charge in [-0.05, 0) is 18.1 Å². The van der Waals surface area contributed by atoms with Gasteiger partial charge in [0.15, 0.2) is 0 Å². The van der Waals surface area contributed by atoms with E-state index >= 15 is 0 Å². The van der Waals surface area contributed by atoms with E-state index in [9.17, 15) is 32.6 Å². The smallest absolute Gasteiger partial charge is 0.307 e. The Labute approximate surface area is 174 Å². The summed E-state index contributed by atoms with van der Waals surface area (Å²) in [5, 5.41) is 21.0. The number of carbonyl (C=O) groups is 2. The maximum Gasteiger partial charge on any atom is 0.307 e. The minimum Gasteiger partial charge on any atom is -0.481 e. The van der Waals surface area contributed by atoms with E-state index in [2.05, 4.69) is 5.32 Å². The molecule has 3 unspecified atom stereocenters. The highest BCUT2D eigenvalue weighted by molar-refractivity contribution is 7.73. The lowest BCUT2D eigenvalue weighted by molar-refractivity contribution is -0.142. The van der Waals surface area contributed by atoms with Crippen molar-refractivity contribution in [2.24, 2.45) is 5.92 Å². The van der Waals surface area contributed by atoms with Gasteiger partial charge in [0.1, 0.15) is 5.78 Å². The molecule has 0 spiro atoms. The van der Waals surface area contributed by atoms with Crippen LogP contribution in [0, 0.1) is 5.92 Å². The molecule has 2 rings (SSSR count). The Kier molecular flexibility index (Phi) is 8.16. The van der Waals surface area contributed by atoms with Crippen molar-refractivity contribution in [3.63, 3.8) is 0 Å². The van der Waals surface area contributed by atoms with Crippen molar-refractivity contribution in [2.75, 3.05) is 6.16 Å². The van der Waals surface area contributed by atoms with Crippen LogP contribution in [0.15, 0.2) is 54.3 Å². The van der Waals surface area contributed by atoms with Gasteiger partial charge >= 0.3 is 11.9 Å². The average Bonchev–Trinajstić information content (AvgIpc) is 2.69. The predicted octanol–water partition coefficient (Wildman–Crippen LogP) is 2.01. The zero-order valence-corrected chi connectivity index (χ0v) is 17.6. The third-order valence-electron chi connectivity index (χ3n) is 4.55. The quantitative estimate of drug-likeness (QED) is 0.306. The van der Waals surface area contributed by atoms with E-state index in [0.29, 0.717) is 5.56 Å². The number of aliphatic carboxylic acids is 2. The maximum absolute atomic E-state index is 13.3. The Balaban J connectivity index is 2.41. The molecular formula is C19H22NO8PS. The zero-order chi connectivity index (χ0) is 22.3. The molecule has 0 radical (unpaired) electrons. The number of carboxylic acid groups (broad SMARTS) is 2. The van der Waals surface area contributed by atoms with Crippen molar-refractivity contribution in [2.45, 2.75) is 25.0 Å². The molecule has 3 atom stereocenters. The highest BCUT2D eigenvalue weighted by Crippen LogP contribution is 2.56. The van der Waals surface area contributed by atoms with Crippen molar-refractivity contribution >= 4 is 34.5 Å². The Bertz CT molecular complexity index is 1040. The number of hydrogen-bond donors (Lipinski definition) is 4. The largest absolute Gasteiger partial charge is 0.481 e. The molecule has 0 fully saturated rings. The molecule has 30 heavy (non-hydrogen) atoms. The van der Waals surface area contributed by atoms with E-state index < -0.39 is 53.9 Å². The van der Waals surface area contributed by atoms with E-state index in [1.165, 1.54) is 6.08 Å². The number of benzene rings is 1. The molecule has 162 valence electrons. The Morgan fingerprint density at radius 3 is 2.40 bits per heavy atom. The molecule has 1 aromatic rings. The number of carboxylic acids is 2.